The number of anilines is 2. The lowest BCUT2D eigenvalue weighted by atomic mass is 10.2. The van der Waals surface area contributed by atoms with Crippen molar-refractivity contribution in [1.29, 1.82) is 0 Å². The van der Waals surface area contributed by atoms with E-state index in [9.17, 15) is 13.2 Å². The highest BCUT2D eigenvalue weighted by molar-refractivity contribution is 7.93. The van der Waals surface area contributed by atoms with E-state index in [0.717, 1.165) is 36.1 Å². The van der Waals surface area contributed by atoms with E-state index in [1.165, 1.54) is 10.9 Å². The first-order valence-electron chi connectivity index (χ1n) is 11.6. The van der Waals surface area contributed by atoms with Crippen LogP contribution in [-0.2, 0) is 21.3 Å². The van der Waals surface area contributed by atoms with Crippen molar-refractivity contribution in [2.75, 3.05) is 22.7 Å². The van der Waals surface area contributed by atoms with Gasteiger partial charge in [-0.05, 0) is 38.8 Å². The molecule has 1 atom stereocenters. The molecule has 0 unspecified atom stereocenters. The molecule has 0 bridgehead atoms. The molecule has 1 N–H and O–H groups in total. The quantitative estimate of drug-likeness (QED) is 0.430. The Hall–Kier alpha value is -3.09. The van der Waals surface area contributed by atoms with E-state index in [1.807, 2.05) is 30.3 Å². The average Bonchev–Trinajstić information content (AvgIpc) is 3.48. The fourth-order valence-corrected chi connectivity index (χ4v) is 5.93. The van der Waals surface area contributed by atoms with Crippen molar-refractivity contribution in [3.05, 3.63) is 70.6 Å². The van der Waals surface area contributed by atoms with Crippen LogP contribution in [0.15, 0.2) is 58.3 Å². The molecule has 1 aliphatic heterocycles. The summed E-state index contributed by atoms with van der Waals surface area (Å²) in [7, 11) is -4.88. The van der Waals surface area contributed by atoms with Crippen LogP contribution in [0.2, 0.25) is 0 Å². The van der Waals surface area contributed by atoms with E-state index in [0.29, 0.717) is 19.0 Å². The van der Waals surface area contributed by atoms with Gasteiger partial charge in [0.15, 0.2) is 5.82 Å². The van der Waals surface area contributed by atoms with Gasteiger partial charge < -0.3 is 10.1 Å². The molecule has 1 amide bonds. The molecule has 37 heavy (non-hydrogen) atoms. The summed E-state index contributed by atoms with van der Waals surface area (Å²) in [5.41, 5.74) is 1.29. The predicted octanol–water partition coefficient (Wildman–Crippen LogP) is 5.24. The highest BCUT2D eigenvalue weighted by Crippen LogP contribution is 2.31. The Morgan fingerprint density at radius 2 is 1.95 bits per heavy atom. The summed E-state index contributed by atoms with van der Waals surface area (Å²) in [5.74, 6) is -2.43. The van der Waals surface area contributed by atoms with E-state index in [1.54, 1.807) is 20.8 Å². The van der Waals surface area contributed by atoms with Crippen molar-refractivity contribution in [3.63, 3.8) is 0 Å². The lowest BCUT2D eigenvalue weighted by Gasteiger charge is -2.26. The van der Waals surface area contributed by atoms with Crippen LogP contribution in [0.4, 0.5) is 25.1 Å². The molecule has 198 valence electrons. The summed E-state index contributed by atoms with van der Waals surface area (Å²) in [5, 5.41) is 4.29. The number of hydrogen-bond acceptors (Lipinski definition) is 8. The molecule has 0 saturated carbocycles. The molecule has 0 aliphatic carbocycles. The van der Waals surface area contributed by atoms with Crippen molar-refractivity contribution in [2.45, 2.75) is 50.3 Å². The minimum atomic E-state index is -4.88. The lowest BCUT2D eigenvalue weighted by Crippen LogP contribution is -2.41. The molecule has 2 aromatic carbocycles. The number of rotatable bonds is 7. The number of carbonyl (C=O) groups excluding carboxylic acids is 1. The fraction of sp³-hybridized carbons (Fsp3) is 0.360. The number of nitrogens with one attached hydrogen (secondary N) is 1. The summed E-state index contributed by atoms with van der Waals surface area (Å²) in [6.45, 7) is 6.81. The lowest BCUT2D eigenvalue weighted by molar-refractivity contribution is 0.0608. The van der Waals surface area contributed by atoms with Crippen LogP contribution in [0.5, 0.6) is 0 Å². The van der Waals surface area contributed by atoms with Crippen LogP contribution < -0.4 is 9.62 Å². The number of hydrogen-bond donors (Lipinski definition) is 1. The van der Waals surface area contributed by atoms with Crippen LogP contribution in [0.1, 0.15) is 32.8 Å². The van der Waals surface area contributed by atoms with E-state index in [-0.39, 0.29) is 21.9 Å². The van der Waals surface area contributed by atoms with E-state index >= 15 is 8.78 Å². The van der Waals surface area contributed by atoms with Gasteiger partial charge in [0.05, 0.1) is 11.2 Å². The maximum atomic E-state index is 15.2. The third-order valence-electron chi connectivity index (χ3n) is 5.61. The van der Waals surface area contributed by atoms with E-state index in [4.69, 9.17) is 4.74 Å². The third-order valence-corrected chi connectivity index (χ3v) is 7.87. The minimum Gasteiger partial charge on any atom is -0.443 e. The first-order valence-corrected chi connectivity index (χ1v) is 14.0. The first kappa shape index (κ1) is 27.0. The second kappa shape index (κ2) is 10.7. The van der Waals surface area contributed by atoms with Gasteiger partial charge in [-0.1, -0.05) is 30.3 Å². The van der Waals surface area contributed by atoms with Gasteiger partial charge in [0.1, 0.15) is 22.1 Å². The Morgan fingerprint density at radius 3 is 2.59 bits per heavy atom. The van der Waals surface area contributed by atoms with Crippen molar-refractivity contribution in [3.8, 4) is 0 Å². The normalized spacial score (nSPS) is 16.5. The number of ether oxygens (including phenoxy) is 1. The van der Waals surface area contributed by atoms with Gasteiger partial charge in [0.25, 0.3) is 10.0 Å². The van der Waals surface area contributed by atoms with Crippen molar-refractivity contribution < 1.29 is 26.7 Å². The van der Waals surface area contributed by atoms with Crippen LogP contribution in [0.25, 0.3) is 0 Å². The molecule has 1 aromatic heterocycles. The van der Waals surface area contributed by atoms with Crippen molar-refractivity contribution in [1.82, 2.24) is 9.88 Å². The molecule has 1 aliphatic rings. The third kappa shape index (κ3) is 6.43. The van der Waals surface area contributed by atoms with Gasteiger partial charge in [0.2, 0.25) is 0 Å². The molecular formula is C25H28F2N4O4S2. The Labute approximate surface area is 218 Å². The average molecular weight is 551 g/mol. The molecule has 1 fully saturated rings. The van der Waals surface area contributed by atoms with Crippen LogP contribution in [0, 0.1) is 11.6 Å². The van der Waals surface area contributed by atoms with Crippen LogP contribution in [0.3, 0.4) is 0 Å². The van der Waals surface area contributed by atoms with Gasteiger partial charge in [0, 0.05) is 37.1 Å². The first-order chi connectivity index (χ1) is 17.4. The van der Waals surface area contributed by atoms with Gasteiger partial charge in [-0.15, -0.1) is 15.6 Å². The molecular weight excluding hydrogens is 522 g/mol. The number of sulfonamides is 1. The zero-order valence-electron chi connectivity index (χ0n) is 20.6. The smallest absolute Gasteiger partial charge is 0.430 e. The Kier molecular flexibility index (Phi) is 7.81. The minimum absolute atomic E-state index is 0.145. The molecule has 2 heterocycles. The number of aromatic nitrogens is 1. The van der Waals surface area contributed by atoms with Gasteiger partial charge >= 0.3 is 6.09 Å². The van der Waals surface area contributed by atoms with Crippen molar-refractivity contribution in [2.24, 2.45) is 0 Å². The zero-order valence-corrected chi connectivity index (χ0v) is 22.3. The summed E-state index contributed by atoms with van der Waals surface area (Å²) in [6.07, 6.45) is -0.561. The number of nitrogens with zero attached hydrogens (tertiary/aromatic N) is 3. The monoisotopic (exact) mass is 550 g/mol. The second-order valence-corrected chi connectivity index (χ2v) is 12.2. The largest absolute Gasteiger partial charge is 0.443 e. The Balaban J connectivity index is 1.54. The molecule has 8 nitrogen and oxygen atoms in total. The van der Waals surface area contributed by atoms with Crippen molar-refractivity contribution >= 4 is 39.0 Å². The number of halogens is 2. The Bertz CT molecular complexity index is 1350. The number of likely N-dealkylation sites (tertiary alicyclic amines) is 1. The van der Waals surface area contributed by atoms with Crippen LogP contribution >= 0.6 is 11.3 Å². The fourth-order valence-electron chi connectivity index (χ4n) is 4.02. The molecule has 0 radical (unpaired) electrons. The Morgan fingerprint density at radius 1 is 1.22 bits per heavy atom. The van der Waals surface area contributed by atoms with E-state index in [2.05, 4.69) is 15.2 Å². The van der Waals surface area contributed by atoms with Gasteiger partial charge in [-0.25, -0.2) is 27.0 Å². The van der Waals surface area contributed by atoms with Crippen LogP contribution in [-0.4, -0.2) is 49.1 Å². The summed E-state index contributed by atoms with van der Waals surface area (Å²) in [6, 6.07) is 11.2. The summed E-state index contributed by atoms with van der Waals surface area (Å²) >= 11 is 1.04. The SMILES string of the molecule is CC(C)(C)OC(=O)N(c1cscn1)S(=O)(=O)c1cc(F)c(N[C@H]2CCN(Cc3ccccc3)C2)cc1F. The highest BCUT2D eigenvalue weighted by atomic mass is 32.2. The number of benzene rings is 2. The highest BCUT2D eigenvalue weighted by Gasteiger charge is 2.38. The topological polar surface area (TPSA) is 91.8 Å². The maximum absolute atomic E-state index is 15.2. The predicted molar refractivity (Wildman–Crippen MR) is 138 cm³/mol. The zero-order chi connectivity index (χ0) is 26.8. The molecule has 3 aromatic rings. The standard InChI is InChI=1S/C25H28F2N4O4S2/c1-25(2,3)35-24(32)31(23-15-36-16-28-23)37(33,34)22-12-19(26)21(11-20(22)27)29-18-9-10-30(14-18)13-17-7-5-4-6-8-17/h4-8,11-12,15-16,18,29H,9-10,13-14H2,1-3H3/t18-/m0/s1. The molecule has 4 rings (SSSR count). The maximum Gasteiger partial charge on any atom is 0.430 e. The molecule has 0 spiro atoms. The van der Waals surface area contributed by atoms with E-state index < -0.39 is 38.2 Å². The second-order valence-electron chi connectivity index (χ2n) is 9.71. The number of amides is 1. The van der Waals surface area contributed by atoms with Gasteiger partial charge in [-0.3, -0.25) is 4.90 Å². The van der Waals surface area contributed by atoms with Gasteiger partial charge in [-0.2, -0.15) is 0 Å². The summed E-state index contributed by atoms with van der Waals surface area (Å²) in [4.78, 5) is 17.9. The number of thiazole rings is 1. The molecule has 12 heteroatoms. The molecule has 1 saturated heterocycles. The summed E-state index contributed by atoms with van der Waals surface area (Å²) < 4.78 is 62.4. The number of carbonyl (C=O) groups is 1.